The van der Waals surface area contributed by atoms with Crippen LogP contribution in [0.1, 0.15) is 35.4 Å². The van der Waals surface area contributed by atoms with Gasteiger partial charge in [-0.15, -0.1) is 35.1 Å². The maximum absolute atomic E-state index is 12.7. The van der Waals surface area contributed by atoms with Gasteiger partial charge < -0.3 is 10.2 Å². The number of halogens is 1. The molecule has 1 aliphatic heterocycles. The van der Waals surface area contributed by atoms with Gasteiger partial charge in [0.2, 0.25) is 5.91 Å². The minimum absolute atomic E-state index is 0. The van der Waals surface area contributed by atoms with E-state index in [2.05, 4.69) is 40.3 Å². The summed E-state index contributed by atoms with van der Waals surface area (Å²) in [5.41, 5.74) is 0. The Bertz CT molecular complexity index is 529. The predicted octanol–water partition coefficient (Wildman–Crippen LogP) is 4.29. The van der Waals surface area contributed by atoms with Gasteiger partial charge in [-0.3, -0.25) is 4.79 Å². The highest BCUT2D eigenvalue weighted by Gasteiger charge is 2.19. The van der Waals surface area contributed by atoms with Crippen LogP contribution in [0.4, 0.5) is 0 Å². The molecular formula is C17H23ClN2OS2. The highest BCUT2D eigenvalue weighted by atomic mass is 35.5. The van der Waals surface area contributed by atoms with Crippen LogP contribution in [0.3, 0.4) is 0 Å². The fourth-order valence-corrected chi connectivity index (χ4v) is 4.31. The minimum atomic E-state index is 0. The summed E-state index contributed by atoms with van der Waals surface area (Å²) in [6.07, 6.45) is 4.06. The molecule has 1 atom stereocenters. The summed E-state index contributed by atoms with van der Waals surface area (Å²) in [6.45, 7) is 2.56. The number of nitrogens with zero attached hydrogens (tertiary/aromatic N) is 1. The number of thiophene rings is 2. The molecule has 0 bridgehead atoms. The van der Waals surface area contributed by atoms with Gasteiger partial charge in [-0.1, -0.05) is 12.1 Å². The lowest BCUT2D eigenvalue weighted by molar-refractivity contribution is -0.132. The first-order valence-electron chi connectivity index (χ1n) is 7.87. The van der Waals surface area contributed by atoms with Crippen LogP contribution in [0.25, 0.3) is 0 Å². The topological polar surface area (TPSA) is 32.3 Å². The monoisotopic (exact) mass is 370 g/mol. The van der Waals surface area contributed by atoms with Crippen LogP contribution in [0.15, 0.2) is 35.0 Å². The van der Waals surface area contributed by atoms with E-state index in [0.717, 1.165) is 26.1 Å². The molecule has 1 saturated heterocycles. The molecule has 0 radical (unpaired) electrons. The van der Waals surface area contributed by atoms with Crippen LogP contribution in [0.5, 0.6) is 0 Å². The Morgan fingerprint density at radius 1 is 1.17 bits per heavy atom. The van der Waals surface area contributed by atoms with Crippen molar-refractivity contribution in [2.45, 2.75) is 44.8 Å². The second-order valence-electron chi connectivity index (χ2n) is 5.74. The highest BCUT2D eigenvalue weighted by molar-refractivity contribution is 7.10. The Balaban J connectivity index is 0.00000192. The van der Waals surface area contributed by atoms with Crippen molar-refractivity contribution in [2.24, 2.45) is 0 Å². The average molecular weight is 371 g/mol. The molecule has 126 valence electrons. The molecule has 2 aromatic rings. The zero-order chi connectivity index (χ0) is 15.2. The minimum Gasteiger partial charge on any atom is -0.332 e. The molecule has 0 spiro atoms. The van der Waals surface area contributed by atoms with Gasteiger partial charge in [0, 0.05) is 22.2 Å². The molecule has 1 amide bonds. The predicted molar refractivity (Wildman–Crippen MR) is 100 cm³/mol. The zero-order valence-corrected chi connectivity index (χ0v) is 15.5. The van der Waals surface area contributed by atoms with E-state index in [9.17, 15) is 4.79 Å². The quantitative estimate of drug-likeness (QED) is 0.788. The first-order chi connectivity index (χ1) is 10.8. The van der Waals surface area contributed by atoms with Crippen molar-refractivity contribution in [1.82, 2.24) is 10.2 Å². The lowest BCUT2D eigenvalue weighted by Gasteiger charge is -2.22. The van der Waals surface area contributed by atoms with Gasteiger partial charge in [-0.05, 0) is 48.7 Å². The molecule has 23 heavy (non-hydrogen) atoms. The summed E-state index contributed by atoms with van der Waals surface area (Å²) < 4.78 is 0. The van der Waals surface area contributed by atoms with Crippen LogP contribution >= 0.6 is 35.1 Å². The van der Waals surface area contributed by atoms with Crippen LogP contribution in [-0.2, 0) is 17.9 Å². The molecule has 6 heteroatoms. The van der Waals surface area contributed by atoms with Gasteiger partial charge >= 0.3 is 0 Å². The van der Waals surface area contributed by atoms with Crippen molar-refractivity contribution < 1.29 is 4.79 Å². The molecule has 0 aliphatic carbocycles. The normalized spacial score (nSPS) is 17.0. The van der Waals surface area contributed by atoms with Gasteiger partial charge in [0.05, 0.1) is 13.1 Å². The molecule has 0 saturated carbocycles. The maximum Gasteiger partial charge on any atom is 0.223 e. The number of amides is 1. The van der Waals surface area contributed by atoms with Crippen molar-refractivity contribution in [1.29, 1.82) is 0 Å². The van der Waals surface area contributed by atoms with E-state index in [0.29, 0.717) is 12.5 Å². The summed E-state index contributed by atoms with van der Waals surface area (Å²) in [5.74, 6) is 0.274. The average Bonchev–Trinajstić information content (AvgIpc) is 3.27. The lowest BCUT2D eigenvalue weighted by Crippen LogP contribution is -2.31. The van der Waals surface area contributed by atoms with Gasteiger partial charge in [0.25, 0.3) is 0 Å². The van der Waals surface area contributed by atoms with E-state index in [1.54, 1.807) is 22.7 Å². The van der Waals surface area contributed by atoms with E-state index in [1.165, 1.54) is 22.6 Å². The summed E-state index contributed by atoms with van der Waals surface area (Å²) in [7, 11) is 0. The van der Waals surface area contributed by atoms with Gasteiger partial charge in [0.15, 0.2) is 0 Å². The first kappa shape index (κ1) is 18.5. The van der Waals surface area contributed by atoms with Gasteiger partial charge in [0.1, 0.15) is 0 Å². The molecule has 0 aromatic carbocycles. The Morgan fingerprint density at radius 2 is 1.83 bits per heavy atom. The fraction of sp³-hybridized carbons (Fsp3) is 0.471. The zero-order valence-electron chi connectivity index (χ0n) is 13.1. The van der Waals surface area contributed by atoms with E-state index in [-0.39, 0.29) is 18.3 Å². The van der Waals surface area contributed by atoms with E-state index in [1.807, 2.05) is 4.90 Å². The molecule has 3 rings (SSSR count). The third-order valence-corrected chi connectivity index (χ3v) is 5.80. The van der Waals surface area contributed by atoms with Crippen molar-refractivity contribution in [3.05, 3.63) is 44.8 Å². The van der Waals surface area contributed by atoms with Gasteiger partial charge in [-0.2, -0.15) is 0 Å². The van der Waals surface area contributed by atoms with Crippen LogP contribution < -0.4 is 5.32 Å². The van der Waals surface area contributed by atoms with Crippen LogP contribution in [-0.4, -0.2) is 23.4 Å². The molecule has 1 aliphatic rings. The second kappa shape index (κ2) is 9.42. The molecule has 1 fully saturated rings. The van der Waals surface area contributed by atoms with Gasteiger partial charge in [-0.25, -0.2) is 0 Å². The number of carbonyl (C=O) groups excluding carboxylic acids is 1. The number of hydrogen-bond donors (Lipinski definition) is 1. The third-order valence-electron chi connectivity index (χ3n) is 4.08. The van der Waals surface area contributed by atoms with E-state index in [4.69, 9.17) is 0 Å². The fourth-order valence-electron chi connectivity index (χ4n) is 2.87. The van der Waals surface area contributed by atoms with Crippen molar-refractivity contribution in [3.63, 3.8) is 0 Å². The standard InChI is InChI=1S/C17H22N2OS2.ClH/c20-17(8-7-14-4-1-9-18-14)19(12-15-5-2-10-21-15)13-16-6-3-11-22-16;/h2-3,5-6,10-11,14,18H,1,4,7-9,12-13H2;1H. The summed E-state index contributed by atoms with van der Waals surface area (Å²) in [5, 5.41) is 7.63. The Morgan fingerprint density at radius 3 is 2.30 bits per heavy atom. The Hall–Kier alpha value is -0.880. The maximum atomic E-state index is 12.7. The third kappa shape index (κ3) is 5.60. The number of rotatable bonds is 7. The first-order valence-corrected chi connectivity index (χ1v) is 9.63. The molecule has 2 aromatic heterocycles. The summed E-state index contributed by atoms with van der Waals surface area (Å²) >= 11 is 3.44. The number of nitrogens with one attached hydrogen (secondary N) is 1. The Labute approximate surface area is 152 Å². The van der Waals surface area contributed by atoms with Crippen molar-refractivity contribution >= 4 is 41.0 Å². The Kier molecular flexibility index (Phi) is 7.56. The lowest BCUT2D eigenvalue weighted by atomic mass is 10.1. The van der Waals surface area contributed by atoms with Crippen LogP contribution in [0, 0.1) is 0 Å². The molecule has 1 unspecified atom stereocenters. The van der Waals surface area contributed by atoms with Crippen LogP contribution in [0.2, 0.25) is 0 Å². The molecule has 3 heterocycles. The largest absolute Gasteiger partial charge is 0.332 e. The SMILES string of the molecule is Cl.O=C(CCC1CCCN1)N(Cc1cccs1)Cc1cccs1. The number of carbonyl (C=O) groups is 1. The number of hydrogen-bond acceptors (Lipinski definition) is 4. The second-order valence-corrected chi connectivity index (χ2v) is 7.80. The van der Waals surface area contributed by atoms with E-state index < -0.39 is 0 Å². The molecular weight excluding hydrogens is 348 g/mol. The summed E-state index contributed by atoms with van der Waals surface area (Å²) in [6, 6.07) is 8.86. The smallest absolute Gasteiger partial charge is 0.223 e. The van der Waals surface area contributed by atoms with Crippen molar-refractivity contribution in [3.8, 4) is 0 Å². The highest BCUT2D eigenvalue weighted by Crippen LogP contribution is 2.19. The summed E-state index contributed by atoms with van der Waals surface area (Å²) in [4.78, 5) is 17.2. The van der Waals surface area contributed by atoms with E-state index >= 15 is 0 Å². The van der Waals surface area contributed by atoms with Crippen molar-refractivity contribution in [2.75, 3.05) is 6.54 Å². The molecule has 1 N–H and O–H groups in total. The molecule has 3 nitrogen and oxygen atoms in total.